The van der Waals surface area contributed by atoms with Crippen molar-refractivity contribution in [2.75, 3.05) is 17.5 Å². The first-order valence-electron chi connectivity index (χ1n) is 11.0. The van der Waals surface area contributed by atoms with E-state index in [2.05, 4.69) is 10.5 Å². The highest BCUT2D eigenvalue weighted by atomic mass is 32.1. The Morgan fingerprint density at radius 1 is 1.03 bits per heavy atom. The summed E-state index contributed by atoms with van der Waals surface area (Å²) < 4.78 is 11.3. The molecule has 3 aromatic carbocycles. The number of hydrogen-bond acceptors (Lipinski definition) is 9. The normalized spacial score (nSPS) is 19.7. The maximum atomic E-state index is 9.76. The number of hydrogen-bond donors (Lipinski definition) is 2. The summed E-state index contributed by atoms with van der Waals surface area (Å²) in [7, 11) is 1.65. The van der Waals surface area contributed by atoms with E-state index in [0.29, 0.717) is 17.1 Å². The fraction of sp³-hybridized carbons (Fsp3) is 0.115. The molecule has 35 heavy (non-hydrogen) atoms. The van der Waals surface area contributed by atoms with Crippen LogP contribution in [0.15, 0.2) is 94.4 Å². The number of nitrogens with zero attached hydrogens (tertiary/aromatic N) is 4. The molecule has 0 aliphatic carbocycles. The Balaban J connectivity index is 1.34. The number of epoxide rings is 1. The van der Waals surface area contributed by atoms with Gasteiger partial charge >= 0.3 is 0 Å². The molecule has 0 amide bonds. The summed E-state index contributed by atoms with van der Waals surface area (Å²) in [6, 6.07) is 24.5. The van der Waals surface area contributed by atoms with Gasteiger partial charge in [0.1, 0.15) is 22.9 Å². The monoisotopic (exact) mass is 483 g/mol. The zero-order valence-electron chi connectivity index (χ0n) is 18.7. The zero-order chi connectivity index (χ0) is 23.8. The number of hydrazone groups is 2. The van der Waals surface area contributed by atoms with Crippen LogP contribution in [0.2, 0.25) is 0 Å². The van der Waals surface area contributed by atoms with E-state index in [4.69, 9.17) is 19.6 Å². The van der Waals surface area contributed by atoms with E-state index >= 15 is 0 Å². The van der Waals surface area contributed by atoms with Gasteiger partial charge < -0.3 is 14.6 Å². The second-order valence-electron chi connectivity index (χ2n) is 8.01. The van der Waals surface area contributed by atoms with Gasteiger partial charge in [-0.05, 0) is 36.4 Å². The zero-order valence-corrected chi connectivity index (χ0v) is 19.5. The molecule has 8 nitrogen and oxygen atoms in total. The van der Waals surface area contributed by atoms with Crippen LogP contribution in [0.3, 0.4) is 0 Å². The third-order valence-corrected chi connectivity index (χ3v) is 6.53. The van der Waals surface area contributed by atoms with Crippen LogP contribution < -0.4 is 15.2 Å². The van der Waals surface area contributed by atoms with Gasteiger partial charge in [0.25, 0.3) is 0 Å². The number of benzene rings is 3. The highest BCUT2D eigenvalue weighted by Crippen LogP contribution is 2.39. The molecule has 1 aromatic heterocycles. The quantitative estimate of drug-likeness (QED) is 0.298. The molecule has 2 aliphatic heterocycles. The van der Waals surface area contributed by atoms with E-state index in [1.807, 2.05) is 71.1 Å². The molecule has 9 heteroatoms. The molecule has 0 bridgehead atoms. The van der Waals surface area contributed by atoms with Gasteiger partial charge in [-0.1, -0.05) is 36.4 Å². The van der Waals surface area contributed by atoms with Gasteiger partial charge in [-0.2, -0.15) is 10.2 Å². The Hall–Kier alpha value is -4.21. The van der Waals surface area contributed by atoms with Crippen LogP contribution in [-0.2, 0) is 4.74 Å². The van der Waals surface area contributed by atoms with E-state index in [-0.39, 0.29) is 18.1 Å². The minimum absolute atomic E-state index is 0.166. The van der Waals surface area contributed by atoms with E-state index in [0.717, 1.165) is 27.7 Å². The first-order valence-corrected chi connectivity index (χ1v) is 11.9. The molecule has 0 spiro atoms. The number of nitrogens with one attached hydrogen (secondary N) is 1. The lowest BCUT2D eigenvalue weighted by molar-refractivity contribution is 0.390. The fourth-order valence-electron chi connectivity index (χ4n) is 3.87. The second kappa shape index (κ2) is 8.86. The second-order valence-corrected chi connectivity index (χ2v) is 8.85. The van der Waals surface area contributed by atoms with Crippen molar-refractivity contribution >= 4 is 33.6 Å². The number of rotatable bonds is 6. The number of methoxy groups -OCH3 is 1. The molecule has 2 atom stereocenters. The van der Waals surface area contributed by atoms with Gasteiger partial charge in [-0.25, -0.2) is 9.99 Å². The third kappa shape index (κ3) is 4.23. The van der Waals surface area contributed by atoms with Crippen molar-refractivity contribution in [1.82, 2.24) is 4.98 Å². The Morgan fingerprint density at radius 3 is 2.63 bits per heavy atom. The maximum Gasteiger partial charge on any atom is 0.209 e. The first kappa shape index (κ1) is 21.3. The van der Waals surface area contributed by atoms with Crippen molar-refractivity contribution in [1.29, 1.82) is 0 Å². The maximum absolute atomic E-state index is 9.76. The number of aromatic hydroxyl groups is 1. The van der Waals surface area contributed by atoms with Gasteiger partial charge in [0.15, 0.2) is 12.3 Å². The highest BCUT2D eigenvalue weighted by Gasteiger charge is 2.54. The minimum atomic E-state index is -0.276. The Labute approximate surface area is 205 Å². The number of fused-ring (bicyclic) bond motifs is 1. The first-order chi connectivity index (χ1) is 17.2. The predicted octanol–water partition coefficient (Wildman–Crippen LogP) is 4.94. The van der Waals surface area contributed by atoms with Crippen LogP contribution in [0, 0.1) is 0 Å². The van der Waals surface area contributed by atoms with Crippen molar-refractivity contribution in [3.05, 3.63) is 89.8 Å². The standard InChI is InChI=1S/C26H21N5O3S/c1-33-20-12-10-16(11-13-20)21-15-35-26(27-21)31-25-24(34-25)23(22(30-31)17-6-3-2-4-7-17)29-28-18-8-5-9-19(32)14-18/h2-15,24-25,28,32H,1H3/b29-23+. The van der Waals surface area contributed by atoms with E-state index in [1.54, 1.807) is 25.3 Å². The number of anilines is 2. The van der Waals surface area contributed by atoms with Crippen LogP contribution >= 0.6 is 11.3 Å². The van der Waals surface area contributed by atoms with Crippen LogP contribution in [-0.4, -0.2) is 41.0 Å². The van der Waals surface area contributed by atoms with Crippen molar-refractivity contribution < 1.29 is 14.6 Å². The summed E-state index contributed by atoms with van der Waals surface area (Å²) in [5.74, 6) is 0.969. The smallest absolute Gasteiger partial charge is 0.209 e. The predicted molar refractivity (Wildman–Crippen MR) is 137 cm³/mol. The SMILES string of the molecule is COc1ccc(-c2csc(N3N=C(c4ccccc4)/C(=N\Nc4cccc(O)c4)C4OC43)n2)cc1. The van der Waals surface area contributed by atoms with Crippen molar-refractivity contribution in [2.45, 2.75) is 12.3 Å². The van der Waals surface area contributed by atoms with Gasteiger partial charge in [0.05, 0.1) is 18.5 Å². The van der Waals surface area contributed by atoms with Crippen molar-refractivity contribution in [2.24, 2.45) is 10.2 Å². The summed E-state index contributed by atoms with van der Waals surface area (Å²) in [5.41, 5.74) is 7.91. The van der Waals surface area contributed by atoms with Crippen LogP contribution in [0.5, 0.6) is 11.5 Å². The highest BCUT2D eigenvalue weighted by molar-refractivity contribution is 7.14. The van der Waals surface area contributed by atoms with Crippen molar-refractivity contribution in [3.63, 3.8) is 0 Å². The molecule has 1 saturated heterocycles. The molecule has 174 valence electrons. The molecule has 1 fully saturated rings. The molecule has 0 radical (unpaired) electrons. The lowest BCUT2D eigenvalue weighted by atomic mass is 10.0. The molecular formula is C26H21N5O3S. The number of ether oxygens (including phenoxy) is 2. The molecule has 0 saturated carbocycles. The number of thiazole rings is 1. The molecular weight excluding hydrogens is 462 g/mol. The summed E-state index contributed by atoms with van der Waals surface area (Å²) in [6.07, 6.45) is -0.525. The largest absolute Gasteiger partial charge is 0.508 e. The number of phenolic OH excluding ortho intramolecular Hbond substituents is 1. The molecule has 3 heterocycles. The average molecular weight is 484 g/mol. The van der Waals surface area contributed by atoms with Gasteiger partial charge in [0, 0.05) is 22.6 Å². The summed E-state index contributed by atoms with van der Waals surface area (Å²) in [4.78, 5) is 4.83. The Morgan fingerprint density at radius 2 is 1.86 bits per heavy atom. The van der Waals surface area contributed by atoms with E-state index in [9.17, 15) is 5.11 Å². The van der Waals surface area contributed by atoms with Crippen molar-refractivity contribution in [3.8, 4) is 22.8 Å². The van der Waals surface area contributed by atoms with E-state index < -0.39 is 0 Å². The molecule has 2 aliphatic rings. The van der Waals surface area contributed by atoms with Gasteiger partial charge in [-0.3, -0.25) is 5.43 Å². The molecule has 2 unspecified atom stereocenters. The Kier molecular flexibility index (Phi) is 5.40. The minimum Gasteiger partial charge on any atom is -0.508 e. The summed E-state index contributed by atoms with van der Waals surface area (Å²) >= 11 is 1.51. The molecule has 4 aromatic rings. The summed E-state index contributed by atoms with van der Waals surface area (Å²) in [5, 5.41) is 23.9. The van der Waals surface area contributed by atoms with Crippen LogP contribution in [0.1, 0.15) is 5.56 Å². The van der Waals surface area contributed by atoms with Crippen LogP contribution in [0.4, 0.5) is 10.8 Å². The fourth-order valence-corrected chi connectivity index (χ4v) is 4.68. The lowest BCUT2D eigenvalue weighted by Crippen LogP contribution is -2.37. The van der Waals surface area contributed by atoms with E-state index in [1.165, 1.54) is 11.3 Å². The number of phenols is 1. The topological polar surface area (TPSA) is 94.9 Å². The average Bonchev–Trinajstić information content (AvgIpc) is 3.55. The lowest BCUT2D eigenvalue weighted by Gasteiger charge is -2.21. The van der Waals surface area contributed by atoms with Gasteiger partial charge in [-0.15, -0.1) is 11.3 Å². The third-order valence-electron chi connectivity index (χ3n) is 5.70. The summed E-state index contributed by atoms with van der Waals surface area (Å²) in [6.45, 7) is 0. The molecule has 6 rings (SSSR count). The van der Waals surface area contributed by atoms with Gasteiger partial charge in [0.2, 0.25) is 5.13 Å². The number of aromatic nitrogens is 1. The molecule has 2 N–H and O–H groups in total. The van der Waals surface area contributed by atoms with Crippen LogP contribution in [0.25, 0.3) is 11.3 Å². The Bertz CT molecular complexity index is 1420.